The Kier molecular flexibility index (Phi) is 4.62. The number of hydrogen-bond acceptors (Lipinski definition) is 3. The summed E-state index contributed by atoms with van der Waals surface area (Å²) in [7, 11) is 2.25. The Hall–Kier alpha value is -0.120. The van der Waals surface area contributed by atoms with Gasteiger partial charge in [-0.25, -0.2) is 0 Å². The molecular formula is C13H27N3. The number of rotatable bonds is 4. The van der Waals surface area contributed by atoms with Crippen LogP contribution in [0.15, 0.2) is 0 Å². The monoisotopic (exact) mass is 225 g/mol. The summed E-state index contributed by atoms with van der Waals surface area (Å²) in [6.07, 6.45) is 4.21. The molecule has 0 spiro atoms. The number of nitrogens with zero attached hydrogens (tertiary/aromatic N) is 2. The van der Waals surface area contributed by atoms with Crippen LogP contribution >= 0.6 is 0 Å². The molecule has 2 aliphatic rings. The zero-order valence-corrected chi connectivity index (χ0v) is 10.9. The molecule has 3 heteroatoms. The maximum atomic E-state index is 3.51. The number of hydrogen-bond donors (Lipinski definition) is 1. The molecule has 1 aliphatic heterocycles. The molecule has 94 valence electrons. The molecule has 0 aromatic carbocycles. The molecule has 16 heavy (non-hydrogen) atoms. The summed E-state index contributed by atoms with van der Waals surface area (Å²) >= 11 is 0. The van der Waals surface area contributed by atoms with Crippen molar-refractivity contribution < 1.29 is 0 Å². The van der Waals surface area contributed by atoms with E-state index in [0.717, 1.165) is 18.5 Å². The summed E-state index contributed by atoms with van der Waals surface area (Å²) in [4.78, 5) is 5.22. The molecule has 2 unspecified atom stereocenters. The fourth-order valence-corrected chi connectivity index (χ4v) is 3.00. The summed E-state index contributed by atoms with van der Waals surface area (Å²) in [5.41, 5.74) is 0. The first-order valence-electron chi connectivity index (χ1n) is 6.94. The Labute approximate surface area is 100 Å². The first kappa shape index (κ1) is 12.3. The predicted molar refractivity (Wildman–Crippen MR) is 68.7 cm³/mol. The predicted octanol–water partition coefficient (Wildman–Crippen LogP) is 1.01. The van der Waals surface area contributed by atoms with Crippen molar-refractivity contribution in [1.29, 1.82) is 0 Å². The van der Waals surface area contributed by atoms with E-state index in [1.165, 1.54) is 52.0 Å². The number of likely N-dealkylation sites (N-methyl/N-ethyl adjacent to an activating group) is 1. The van der Waals surface area contributed by atoms with Crippen LogP contribution in [0, 0.1) is 5.92 Å². The van der Waals surface area contributed by atoms with Crippen molar-refractivity contribution in [1.82, 2.24) is 15.1 Å². The van der Waals surface area contributed by atoms with Crippen molar-refractivity contribution >= 4 is 0 Å². The molecule has 0 bridgehead atoms. The molecular weight excluding hydrogens is 198 g/mol. The fourth-order valence-electron chi connectivity index (χ4n) is 3.00. The summed E-state index contributed by atoms with van der Waals surface area (Å²) in [5, 5.41) is 3.51. The molecule has 0 aromatic rings. The average Bonchev–Trinajstić information content (AvgIpc) is 2.43. The van der Waals surface area contributed by atoms with Crippen LogP contribution < -0.4 is 5.32 Å². The maximum Gasteiger partial charge on any atom is 0.0136 e. The highest BCUT2D eigenvalue weighted by Gasteiger charge is 2.35. The minimum Gasteiger partial charge on any atom is -0.317 e. The normalized spacial score (nSPS) is 33.4. The quantitative estimate of drug-likeness (QED) is 0.770. The molecule has 0 radical (unpaired) electrons. The van der Waals surface area contributed by atoms with E-state index in [4.69, 9.17) is 0 Å². The molecule has 1 saturated heterocycles. The van der Waals surface area contributed by atoms with Gasteiger partial charge in [-0.1, -0.05) is 6.92 Å². The SMILES string of the molecule is CCNCC1CCC1N1CCCN(C)CC1. The molecule has 3 nitrogen and oxygen atoms in total. The molecule has 2 atom stereocenters. The van der Waals surface area contributed by atoms with Crippen molar-refractivity contribution in [3.8, 4) is 0 Å². The van der Waals surface area contributed by atoms with Crippen LogP contribution in [0.1, 0.15) is 26.2 Å². The van der Waals surface area contributed by atoms with Crippen molar-refractivity contribution in [3.05, 3.63) is 0 Å². The Balaban J connectivity index is 1.78. The van der Waals surface area contributed by atoms with E-state index < -0.39 is 0 Å². The van der Waals surface area contributed by atoms with E-state index in [1.807, 2.05) is 0 Å². The first-order valence-corrected chi connectivity index (χ1v) is 6.94. The maximum absolute atomic E-state index is 3.51. The van der Waals surface area contributed by atoms with Crippen molar-refractivity contribution in [2.75, 3.05) is 46.3 Å². The van der Waals surface area contributed by atoms with Crippen molar-refractivity contribution in [2.45, 2.75) is 32.2 Å². The zero-order chi connectivity index (χ0) is 11.4. The molecule has 0 aromatic heterocycles. The van der Waals surface area contributed by atoms with Crippen molar-refractivity contribution in [2.24, 2.45) is 5.92 Å². The van der Waals surface area contributed by atoms with Crippen LogP contribution in [0.5, 0.6) is 0 Å². The van der Waals surface area contributed by atoms with Crippen LogP contribution in [-0.4, -0.2) is 62.2 Å². The fraction of sp³-hybridized carbons (Fsp3) is 1.00. The Morgan fingerprint density at radius 1 is 1.12 bits per heavy atom. The standard InChI is InChI=1S/C13H27N3/c1-3-14-11-12-5-6-13(12)16-8-4-7-15(2)9-10-16/h12-14H,3-11H2,1-2H3. The van der Waals surface area contributed by atoms with Crippen LogP contribution in [0.25, 0.3) is 0 Å². The Morgan fingerprint density at radius 3 is 2.69 bits per heavy atom. The van der Waals surface area contributed by atoms with Crippen molar-refractivity contribution in [3.63, 3.8) is 0 Å². The van der Waals surface area contributed by atoms with Gasteiger partial charge in [-0.3, -0.25) is 4.90 Å². The van der Waals surface area contributed by atoms with Gasteiger partial charge in [0.15, 0.2) is 0 Å². The first-order chi connectivity index (χ1) is 7.81. The summed E-state index contributed by atoms with van der Waals surface area (Å²) in [6.45, 7) is 9.68. The third kappa shape index (κ3) is 2.96. The lowest BCUT2D eigenvalue weighted by molar-refractivity contribution is 0.0656. The lowest BCUT2D eigenvalue weighted by Gasteiger charge is -2.44. The van der Waals surface area contributed by atoms with Gasteiger partial charge >= 0.3 is 0 Å². The van der Waals surface area contributed by atoms with Gasteiger partial charge in [0.25, 0.3) is 0 Å². The summed E-state index contributed by atoms with van der Waals surface area (Å²) in [6, 6.07) is 0.880. The second-order valence-corrected chi connectivity index (χ2v) is 5.41. The second kappa shape index (κ2) is 5.99. The third-order valence-corrected chi connectivity index (χ3v) is 4.26. The molecule has 1 heterocycles. The minimum atomic E-state index is 0.880. The number of nitrogens with one attached hydrogen (secondary N) is 1. The highest BCUT2D eigenvalue weighted by Crippen LogP contribution is 2.32. The zero-order valence-electron chi connectivity index (χ0n) is 10.9. The molecule has 1 aliphatic carbocycles. The average molecular weight is 225 g/mol. The Morgan fingerprint density at radius 2 is 2.00 bits per heavy atom. The Bertz CT molecular complexity index is 207. The topological polar surface area (TPSA) is 18.5 Å². The second-order valence-electron chi connectivity index (χ2n) is 5.41. The van der Waals surface area contributed by atoms with Gasteiger partial charge in [0, 0.05) is 19.1 Å². The third-order valence-electron chi connectivity index (χ3n) is 4.26. The molecule has 1 saturated carbocycles. The largest absolute Gasteiger partial charge is 0.317 e. The van der Waals surface area contributed by atoms with Gasteiger partial charge in [0.1, 0.15) is 0 Å². The van der Waals surface area contributed by atoms with Gasteiger partial charge < -0.3 is 10.2 Å². The lowest BCUT2D eigenvalue weighted by Crippen LogP contribution is -2.51. The van der Waals surface area contributed by atoms with E-state index in [-0.39, 0.29) is 0 Å². The van der Waals surface area contributed by atoms with Crippen LogP contribution in [0.3, 0.4) is 0 Å². The minimum absolute atomic E-state index is 0.880. The van der Waals surface area contributed by atoms with Gasteiger partial charge in [0.05, 0.1) is 0 Å². The van der Waals surface area contributed by atoms with E-state index in [0.29, 0.717) is 0 Å². The molecule has 0 amide bonds. The molecule has 2 fully saturated rings. The lowest BCUT2D eigenvalue weighted by atomic mass is 9.78. The smallest absolute Gasteiger partial charge is 0.0136 e. The van der Waals surface area contributed by atoms with E-state index in [9.17, 15) is 0 Å². The van der Waals surface area contributed by atoms with E-state index in [2.05, 4.69) is 29.1 Å². The van der Waals surface area contributed by atoms with E-state index in [1.54, 1.807) is 0 Å². The molecule has 2 rings (SSSR count). The highest BCUT2D eigenvalue weighted by atomic mass is 15.2. The van der Waals surface area contributed by atoms with Crippen LogP contribution in [0.4, 0.5) is 0 Å². The van der Waals surface area contributed by atoms with Gasteiger partial charge in [-0.2, -0.15) is 0 Å². The van der Waals surface area contributed by atoms with Crippen LogP contribution in [-0.2, 0) is 0 Å². The highest BCUT2D eigenvalue weighted by molar-refractivity contribution is 4.90. The summed E-state index contributed by atoms with van der Waals surface area (Å²) < 4.78 is 0. The summed E-state index contributed by atoms with van der Waals surface area (Å²) in [5.74, 6) is 0.920. The van der Waals surface area contributed by atoms with E-state index >= 15 is 0 Å². The van der Waals surface area contributed by atoms with Crippen LogP contribution in [0.2, 0.25) is 0 Å². The van der Waals surface area contributed by atoms with Gasteiger partial charge in [0.2, 0.25) is 0 Å². The van der Waals surface area contributed by atoms with Gasteiger partial charge in [-0.15, -0.1) is 0 Å². The van der Waals surface area contributed by atoms with Gasteiger partial charge in [-0.05, 0) is 58.4 Å². The molecule has 1 N–H and O–H groups in total.